The van der Waals surface area contributed by atoms with Crippen LogP contribution >= 0.6 is 0 Å². The highest BCUT2D eigenvalue weighted by atomic mass is 19.4. The number of hydrogen-bond acceptors (Lipinski definition) is 8. The van der Waals surface area contributed by atoms with E-state index in [9.17, 15) is 23.6 Å². The molecule has 0 unspecified atom stereocenters. The van der Waals surface area contributed by atoms with E-state index in [-0.39, 0.29) is 23.2 Å². The van der Waals surface area contributed by atoms with Crippen LogP contribution in [-0.2, 0) is 6.54 Å². The molecule has 2 aromatic rings. The molecule has 0 bridgehead atoms. The monoisotopic (exact) mass is 495 g/mol. The third-order valence-electron chi connectivity index (χ3n) is 6.81. The maximum absolute atomic E-state index is 12.7. The van der Waals surface area contributed by atoms with E-state index in [1.165, 1.54) is 63.2 Å². The topological polar surface area (TPSA) is 93.1 Å². The Labute approximate surface area is 202 Å². The molecule has 0 atom stereocenters. The van der Waals surface area contributed by atoms with Crippen molar-refractivity contribution in [2.75, 3.05) is 35.5 Å². The van der Waals surface area contributed by atoms with Gasteiger partial charge in [0.05, 0.1) is 11.9 Å². The smallest absolute Gasteiger partial charge is 0.405 e. The molecule has 1 aromatic heterocycles. The lowest BCUT2D eigenvalue weighted by Crippen LogP contribution is -2.37. The Morgan fingerprint density at radius 2 is 1.77 bits per heavy atom. The second kappa shape index (κ2) is 11.3. The number of nitrogens with zero attached hydrogens (tertiary/aromatic N) is 3. The van der Waals surface area contributed by atoms with Gasteiger partial charge in [0.2, 0.25) is 0 Å². The molecule has 192 valence electrons. The van der Waals surface area contributed by atoms with Gasteiger partial charge in [-0.1, -0.05) is 18.2 Å². The number of anilines is 3. The first-order valence-corrected chi connectivity index (χ1v) is 12.0. The number of ether oxygens (including phenoxy) is 1. The quantitative estimate of drug-likeness (QED) is 0.351. The van der Waals surface area contributed by atoms with Crippen LogP contribution in [0.3, 0.4) is 0 Å². The average Bonchev–Trinajstić information content (AvgIpc) is 3.36. The number of pyridine rings is 1. The summed E-state index contributed by atoms with van der Waals surface area (Å²) >= 11 is 0. The number of rotatable bonds is 9. The Hall–Kier alpha value is -2.76. The molecule has 1 aromatic carbocycles. The maximum atomic E-state index is 12.7. The van der Waals surface area contributed by atoms with Gasteiger partial charge in [-0.25, -0.2) is 4.98 Å². The van der Waals surface area contributed by atoms with Crippen molar-refractivity contribution in [2.45, 2.75) is 57.5 Å². The minimum Gasteiger partial charge on any atom is -0.405 e. The first-order chi connectivity index (χ1) is 16.8. The molecule has 11 heteroatoms. The van der Waals surface area contributed by atoms with Gasteiger partial charge in [-0.15, -0.1) is 18.4 Å². The molecule has 1 saturated heterocycles. The highest BCUT2D eigenvalue weighted by Gasteiger charge is 2.32. The molecule has 0 spiro atoms. The third kappa shape index (κ3) is 7.12. The van der Waals surface area contributed by atoms with Crippen LogP contribution in [-0.4, -0.2) is 52.3 Å². The van der Waals surface area contributed by atoms with E-state index in [0.29, 0.717) is 35.6 Å². The number of aromatic nitrogens is 1. The molecule has 1 aliphatic carbocycles. The Kier molecular flexibility index (Phi) is 8.19. The van der Waals surface area contributed by atoms with Gasteiger partial charge in [-0.05, 0) is 63.6 Å². The second-order valence-electron chi connectivity index (χ2n) is 9.18. The van der Waals surface area contributed by atoms with Gasteiger partial charge in [0, 0.05) is 30.8 Å². The van der Waals surface area contributed by atoms with Crippen LogP contribution in [0.25, 0.3) is 0 Å². The van der Waals surface area contributed by atoms with E-state index in [4.69, 9.17) is 0 Å². The van der Waals surface area contributed by atoms with Crippen molar-refractivity contribution >= 4 is 17.2 Å². The normalized spacial score (nSPS) is 21.1. The maximum Gasteiger partial charge on any atom is 0.573 e. The lowest BCUT2D eigenvalue weighted by molar-refractivity contribution is -0.274. The van der Waals surface area contributed by atoms with Crippen molar-refractivity contribution in [2.24, 2.45) is 5.92 Å². The van der Waals surface area contributed by atoms with Crippen molar-refractivity contribution in [1.82, 2.24) is 9.88 Å². The zero-order chi connectivity index (χ0) is 24.8. The summed E-state index contributed by atoms with van der Waals surface area (Å²) < 4.78 is 42.1. The number of nitrogens with one attached hydrogen (secondary N) is 2. The SMILES string of the molecule is ON(O)c1cnc(NCc2ccccc2OC(F)(F)F)cc1NCC1CCC(N2CCCC2)CC1. The Balaban J connectivity index is 1.36. The number of para-hydroxylation sites is 1. The zero-order valence-corrected chi connectivity index (χ0v) is 19.5. The highest BCUT2D eigenvalue weighted by Crippen LogP contribution is 2.32. The van der Waals surface area contributed by atoms with Crippen LogP contribution in [0.1, 0.15) is 44.1 Å². The van der Waals surface area contributed by atoms with Crippen LogP contribution < -0.4 is 20.6 Å². The molecule has 8 nitrogen and oxygen atoms in total. The number of alkyl halides is 3. The summed E-state index contributed by atoms with van der Waals surface area (Å²) in [6, 6.07) is 8.16. The molecular formula is C24H32F3N5O3. The van der Waals surface area contributed by atoms with Crippen molar-refractivity contribution in [3.8, 4) is 5.75 Å². The first-order valence-electron chi connectivity index (χ1n) is 12.0. The van der Waals surface area contributed by atoms with E-state index in [1.807, 2.05) is 0 Å². The molecule has 1 saturated carbocycles. The molecule has 4 N–H and O–H groups in total. The van der Waals surface area contributed by atoms with Crippen LogP contribution in [0.15, 0.2) is 36.5 Å². The number of hydrogen-bond donors (Lipinski definition) is 4. The Morgan fingerprint density at radius 3 is 2.46 bits per heavy atom. The van der Waals surface area contributed by atoms with Gasteiger partial charge in [-0.2, -0.15) is 0 Å². The summed E-state index contributed by atoms with van der Waals surface area (Å²) in [7, 11) is 0. The summed E-state index contributed by atoms with van der Waals surface area (Å²) in [5.41, 5.74) is 0.863. The molecule has 0 radical (unpaired) electrons. The Morgan fingerprint density at radius 1 is 1.06 bits per heavy atom. The van der Waals surface area contributed by atoms with Crippen molar-refractivity contribution < 1.29 is 28.3 Å². The zero-order valence-electron chi connectivity index (χ0n) is 19.5. The molecule has 2 heterocycles. The molecule has 4 rings (SSSR count). The number of halogens is 3. The van der Waals surface area contributed by atoms with Crippen LogP contribution in [0.5, 0.6) is 5.75 Å². The molecule has 1 aliphatic heterocycles. The predicted molar refractivity (Wildman–Crippen MR) is 126 cm³/mol. The number of likely N-dealkylation sites (tertiary alicyclic amines) is 1. The standard InChI is InChI=1S/C24H32F3N5O3/c25-24(26,27)35-22-6-2-1-5-18(22)15-29-23-13-20(21(16-30-23)32(33)34)28-14-17-7-9-19(10-8-17)31-11-3-4-12-31/h1-2,5-6,13,16-17,19,33-34H,3-4,7-12,14-15H2,(H2,28,29,30). The minimum absolute atomic E-state index is 0.00978. The van der Waals surface area contributed by atoms with Crippen molar-refractivity contribution in [3.05, 3.63) is 42.1 Å². The lowest BCUT2D eigenvalue weighted by atomic mass is 9.85. The van der Waals surface area contributed by atoms with Gasteiger partial charge in [0.15, 0.2) is 0 Å². The number of benzene rings is 1. The fourth-order valence-electron chi connectivity index (χ4n) is 4.98. The van der Waals surface area contributed by atoms with Gasteiger partial charge in [0.25, 0.3) is 0 Å². The molecule has 2 fully saturated rings. The Bertz CT molecular complexity index is 962. The third-order valence-corrected chi connectivity index (χ3v) is 6.81. The second-order valence-corrected chi connectivity index (χ2v) is 9.18. The largest absolute Gasteiger partial charge is 0.573 e. The van der Waals surface area contributed by atoms with E-state index in [0.717, 1.165) is 12.8 Å². The summed E-state index contributed by atoms with van der Waals surface area (Å²) in [5.74, 6) is 0.560. The van der Waals surface area contributed by atoms with Crippen LogP contribution in [0, 0.1) is 5.92 Å². The van der Waals surface area contributed by atoms with Gasteiger partial charge in [0.1, 0.15) is 17.3 Å². The highest BCUT2D eigenvalue weighted by molar-refractivity contribution is 5.70. The molecule has 35 heavy (non-hydrogen) atoms. The van der Waals surface area contributed by atoms with Crippen molar-refractivity contribution in [3.63, 3.8) is 0 Å². The summed E-state index contributed by atoms with van der Waals surface area (Å²) in [6.07, 6.45) is 3.65. The summed E-state index contributed by atoms with van der Waals surface area (Å²) in [6.45, 7) is 3.14. The molecule has 2 aliphatic rings. The van der Waals surface area contributed by atoms with E-state index in [2.05, 4.69) is 25.3 Å². The van der Waals surface area contributed by atoms with E-state index < -0.39 is 6.36 Å². The summed E-state index contributed by atoms with van der Waals surface area (Å²) in [4.78, 5) is 6.75. The molecule has 0 amide bonds. The van der Waals surface area contributed by atoms with Gasteiger partial charge >= 0.3 is 6.36 Å². The predicted octanol–water partition coefficient (Wildman–Crippen LogP) is 5.24. The van der Waals surface area contributed by atoms with Crippen LogP contribution in [0.2, 0.25) is 0 Å². The summed E-state index contributed by atoms with van der Waals surface area (Å²) in [5, 5.41) is 25.5. The van der Waals surface area contributed by atoms with Crippen LogP contribution in [0.4, 0.5) is 30.4 Å². The fourth-order valence-corrected chi connectivity index (χ4v) is 4.98. The lowest BCUT2D eigenvalue weighted by Gasteiger charge is -2.34. The van der Waals surface area contributed by atoms with E-state index >= 15 is 0 Å². The van der Waals surface area contributed by atoms with Gasteiger partial charge < -0.3 is 20.3 Å². The first kappa shape index (κ1) is 25.3. The van der Waals surface area contributed by atoms with E-state index in [1.54, 1.807) is 12.1 Å². The average molecular weight is 496 g/mol. The van der Waals surface area contributed by atoms with Gasteiger partial charge in [-0.3, -0.25) is 10.4 Å². The van der Waals surface area contributed by atoms with Crippen molar-refractivity contribution in [1.29, 1.82) is 0 Å². The fraction of sp³-hybridized carbons (Fsp3) is 0.542. The minimum atomic E-state index is -4.79. The molecular weight excluding hydrogens is 463 g/mol.